The molecule has 4 aromatic rings. The number of hydrogen-bond acceptors (Lipinski definition) is 7. The van der Waals surface area contributed by atoms with Gasteiger partial charge in [-0.3, -0.25) is 9.69 Å². The predicted octanol–water partition coefficient (Wildman–Crippen LogP) is 7.25. The van der Waals surface area contributed by atoms with Crippen LogP contribution in [-0.4, -0.2) is 56.2 Å². The van der Waals surface area contributed by atoms with Crippen molar-refractivity contribution in [3.63, 3.8) is 0 Å². The van der Waals surface area contributed by atoms with Crippen molar-refractivity contribution in [2.75, 3.05) is 32.0 Å². The van der Waals surface area contributed by atoms with Gasteiger partial charge >= 0.3 is 0 Å². The second-order valence-electron chi connectivity index (χ2n) is 10.7. The van der Waals surface area contributed by atoms with E-state index in [2.05, 4.69) is 4.90 Å². The van der Waals surface area contributed by atoms with E-state index in [0.29, 0.717) is 40.3 Å². The minimum atomic E-state index is -3.67. The van der Waals surface area contributed by atoms with Crippen LogP contribution >= 0.6 is 11.3 Å². The SMILES string of the molecule is CCCCS(=O)(=O)c1cccc(-c2sc3cc(C)ccc3c2C(=O)c2ccc(OCCN3CCCCC3)cc2)c1O. The van der Waals surface area contributed by atoms with Gasteiger partial charge in [-0.2, -0.15) is 0 Å². The Morgan fingerprint density at radius 1 is 1.02 bits per heavy atom. The number of benzene rings is 3. The van der Waals surface area contributed by atoms with Crippen molar-refractivity contribution in [2.24, 2.45) is 0 Å². The predicted molar refractivity (Wildman–Crippen MR) is 166 cm³/mol. The summed E-state index contributed by atoms with van der Waals surface area (Å²) in [4.78, 5) is 16.9. The summed E-state index contributed by atoms with van der Waals surface area (Å²) in [6, 6.07) is 17.8. The molecule has 1 aliphatic rings. The number of carbonyl (C=O) groups is 1. The molecule has 1 saturated heterocycles. The number of para-hydroxylation sites is 1. The Morgan fingerprint density at radius 3 is 2.51 bits per heavy atom. The highest BCUT2D eigenvalue weighted by atomic mass is 32.2. The number of likely N-dealkylation sites (tertiary alicyclic amines) is 1. The van der Waals surface area contributed by atoms with Crippen LogP contribution in [0.25, 0.3) is 20.5 Å². The third kappa shape index (κ3) is 6.50. The number of ketones is 1. The standard InChI is InChI=1S/C33H37NO5S2/c1-3-4-21-41(37,38)29-10-8-9-27(32(29)36)33-30(26-16-11-23(2)22-28(26)40-33)31(35)24-12-14-25(15-13-24)39-20-19-34-17-6-5-7-18-34/h8-16,22,36H,3-7,17-21H2,1-2H3. The van der Waals surface area contributed by atoms with E-state index in [1.807, 2.05) is 44.2 Å². The monoisotopic (exact) mass is 591 g/mol. The summed E-state index contributed by atoms with van der Waals surface area (Å²) in [5.74, 6) is 0.184. The smallest absolute Gasteiger partial charge is 0.195 e. The molecule has 8 heteroatoms. The van der Waals surface area contributed by atoms with Crippen molar-refractivity contribution in [3.8, 4) is 21.9 Å². The molecule has 0 amide bonds. The topological polar surface area (TPSA) is 83.9 Å². The summed E-state index contributed by atoms with van der Waals surface area (Å²) in [5, 5.41) is 12.0. The average Bonchev–Trinajstić information content (AvgIpc) is 3.35. The Morgan fingerprint density at radius 2 is 1.78 bits per heavy atom. The maximum Gasteiger partial charge on any atom is 0.195 e. The number of sulfone groups is 1. The summed E-state index contributed by atoms with van der Waals surface area (Å²) < 4.78 is 32.9. The second-order valence-corrected chi connectivity index (χ2v) is 13.9. The number of unbranched alkanes of at least 4 members (excludes halogenated alkanes) is 1. The number of phenolic OH excluding ortho intramolecular Hbond substituents is 1. The molecule has 1 fully saturated rings. The van der Waals surface area contributed by atoms with Gasteiger partial charge in [-0.1, -0.05) is 38.0 Å². The fourth-order valence-corrected chi connectivity index (χ4v) is 8.25. The average molecular weight is 592 g/mol. The highest BCUT2D eigenvalue weighted by molar-refractivity contribution is 7.91. The molecule has 3 aromatic carbocycles. The molecule has 216 valence electrons. The Hall–Kier alpha value is -3.20. The molecule has 1 N–H and O–H groups in total. The third-order valence-electron chi connectivity index (χ3n) is 7.66. The lowest BCUT2D eigenvalue weighted by Gasteiger charge is -2.26. The summed E-state index contributed by atoms with van der Waals surface area (Å²) >= 11 is 1.39. The molecule has 41 heavy (non-hydrogen) atoms. The first-order valence-corrected chi connectivity index (χ1v) is 16.8. The van der Waals surface area contributed by atoms with Crippen molar-refractivity contribution < 1.29 is 23.1 Å². The summed E-state index contributed by atoms with van der Waals surface area (Å²) in [5.41, 5.74) is 2.36. The number of aryl methyl sites for hydroxylation is 1. The number of aromatic hydroxyl groups is 1. The van der Waals surface area contributed by atoms with E-state index >= 15 is 0 Å². The van der Waals surface area contributed by atoms with Gasteiger partial charge in [-0.15, -0.1) is 11.3 Å². The van der Waals surface area contributed by atoms with Crippen molar-refractivity contribution >= 4 is 37.0 Å². The molecule has 5 rings (SSSR count). The lowest BCUT2D eigenvalue weighted by molar-refractivity contribution is 0.104. The maximum atomic E-state index is 14.0. The number of nitrogens with zero attached hydrogens (tertiary/aromatic N) is 1. The van der Waals surface area contributed by atoms with Crippen molar-refractivity contribution in [2.45, 2.75) is 50.8 Å². The molecular formula is C33H37NO5S2. The molecule has 0 radical (unpaired) electrons. The Balaban J connectivity index is 1.47. The van der Waals surface area contributed by atoms with Crippen LogP contribution in [0.15, 0.2) is 65.6 Å². The van der Waals surface area contributed by atoms with Crippen molar-refractivity contribution in [3.05, 3.63) is 77.4 Å². The lowest BCUT2D eigenvalue weighted by atomic mass is 9.97. The lowest BCUT2D eigenvalue weighted by Crippen LogP contribution is -2.33. The van der Waals surface area contributed by atoms with Crippen LogP contribution in [0.1, 0.15) is 60.5 Å². The molecule has 6 nitrogen and oxygen atoms in total. The number of thiophene rings is 1. The van der Waals surface area contributed by atoms with Crippen LogP contribution in [0.5, 0.6) is 11.5 Å². The number of hydrogen-bond donors (Lipinski definition) is 1. The summed E-state index contributed by atoms with van der Waals surface area (Å²) in [7, 11) is -3.67. The van der Waals surface area contributed by atoms with Crippen LogP contribution < -0.4 is 4.74 Å². The first-order valence-electron chi connectivity index (χ1n) is 14.4. The zero-order valence-electron chi connectivity index (χ0n) is 23.7. The van der Waals surface area contributed by atoms with E-state index in [-0.39, 0.29) is 22.2 Å². The molecule has 0 unspecified atom stereocenters. The van der Waals surface area contributed by atoms with Crippen LogP contribution in [0.2, 0.25) is 0 Å². The molecule has 0 saturated carbocycles. The largest absolute Gasteiger partial charge is 0.506 e. The van der Waals surface area contributed by atoms with Crippen LogP contribution in [0.4, 0.5) is 0 Å². The molecular weight excluding hydrogens is 554 g/mol. The highest BCUT2D eigenvalue weighted by Crippen LogP contribution is 2.45. The van der Waals surface area contributed by atoms with E-state index in [4.69, 9.17) is 4.74 Å². The molecule has 0 bridgehead atoms. The number of carbonyl (C=O) groups excluding carboxylic acids is 1. The van der Waals surface area contributed by atoms with Crippen molar-refractivity contribution in [1.82, 2.24) is 4.90 Å². The first kappa shape index (κ1) is 29.3. The van der Waals surface area contributed by atoms with Crippen molar-refractivity contribution in [1.29, 1.82) is 0 Å². The van der Waals surface area contributed by atoms with Crippen LogP contribution in [-0.2, 0) is 9.84 Å². The van der Waals surface area contributed by atoms with Gasteiger partial charge in [0.1, 0.15) is 23.0 Å². The number of piperidine rings is 1. The number of fused-ring (bicyclic) bond motifs is 1. The van der Waals surface area contributed by atoms with E-state index in [1.165, 1.54) is 36.7 Å². The normalized spacial score (nSPS) is 14.4. The first-order chi connectivity index (χ1) is 19.8. The third-order valence-corrected chi connectivity index (χ3v) is 10.7. The Bertz CT molecular complexity index is 1630. The molecule has 0 atom stereocenters. The Labute approximate surface area is 246 Å². The van der Waals surface area contributed by atoms with E-state index in [9.17, 15) is 18.3 Å². The number of rotatable bonds is 11. The molecule has 1 aromatic heterocycles. The second kappa shape index (κ2) is 12.8. The van der Waals surface area contributed by atoms with Crippen LogP contribution in [0.3, 0.4) is 0 Å². The van der Waals surface area contributed by atoms with Crippen LogP contribution in [0, 0.1) is 6.92 Å². The van der Waals surface area contributed by atoms with E-state index < -0.39 is 9.84 Å². The van der Waals surface area contributed by atoms with Gasteiger partial charge in [-0.05, 0) is 87.3 Å². The highest BCUT2D eigenvalue weighted by Gasteiger charge is 2.27. The maximum absolute atomic E-state index is 14.0. The van der Waals surface area contributed by atoms with Gasteiger partial charge in [0, 0.05) is 33.3 Å². The minimum absolute atomic E-state index is 0.0373. The zero-order chi connectivity index (χ0) is 29.0. The minimum Gasteiger partial charge on any atom is -0.506 e. The van der Waals surface area contributed by atoms with E-state index in [1.54, 1.807) is 24.3 Å². The van der Waals surface area contributed by atoms with Gasteiger partial charge < -0.3 is 9.84 Å². The molecule has 0 spiro atoms. The van der Waals surface area contributed by atoms with E-state index in [0.717, 1.165) is 41.7 Å². The quantitative estimate of drug-likeness (QED) is 0.185. The number of phenols is 1. The summed E-state index contributed by atoms with van der Waals surface area (Å²) in [6.45, 7) is 7.65. The van der Waals surface area contributed by atoms with Gasteiger partial charge in [0.2, 0.25) is 0 Å². The van der Waals surface area contributed by atoms with Gasteiger partial charge in [0.05, 0.1) is 10.6 Å². The molecule has 1 aliphatic heterocycles. The molecule has 0 aliphatic carbocycles. The van der Waals surface area contributed by atoms with Gasteiger partial charge in [-0.25, -0.2) is 8.42 Å². The van der Waals surface area contributed by atoms with Gasteiger partial charge in [0.25, 0.3) is 0 Å². The fourth-order valence-electron chi connectivity index (χ4n) is 5.34. The number of ether oxygens (including phenoxy) is 1. The fraction of sp³-hybridized carbons (Fsp3) is 0.364. The Kier molecular flexibility index (Phi) is 9.12. The summed E-state index contributed by atoms with van der Waals surface area (Å²) in [6.07, 6.45) is 5.03. The zero-order valence-corrected chi connectivity index (χ0v) is 25.3. The molecule has 2 heterocycles. The van der Waals surface area contributed by atoms with Gasteiger partial charge in [0.15, 0.2) is 15.6 Å².